The number of rotatable bonds is 5. The zero-order valence-electron chi connectivity index (χ0n) is 15.1. The molecule has 146 valence electrons. The van der Waals surface area contributed by atoms with Crippen molar-refractivity contribution in [3.05, 3.63) is 64.9 Å². The first-order chi connectivity index (χ1) is 13.3. The number of hydrogen-bond acceptors (Lipinski definition) is 3. The van der Waals surface area contributed by atoms with Crippen LogP contribution in [0.4, 0.5) is 10.1 Å². The van der Waals surface area contributed by atoms with Gasteiger partial charge in [-0.3, -0.25) is 14.4 Å². The number of halogens is 2. The molecule has 1 fully saturated rings. The van der Waals surface area contributed by atoms with Crippen LogP contribution in [0.25, 0.3) is 0 Å². The maximum Gasteiger partial charge on any atom is 0.244 e. The van der Waals surface area contributed by atoms with Gasteiger partial charge in [-0.15, -0.1) is 0 Å². The number of likely N-dealkylation sites (N-methyl/N-ethyl adjacent to an activating group) is 1. The second-order valence-electron chi connectivity index (χ2n) is 6.69. The largest absolute Gasteiger partial charge is 0.368 e. The van der Waals surface area contributed by atoms with Crippen molar-refractivity contribution in [1.29, 1.82) is 0 Å². The van der Waals surface area contributed by atoms with Crippen LogP contribution >= 0.6 is 11.6 Å². The third kappa shape index (κ3) is 3.99. The van der Waals surface area contributed by atoms with Crippen molar-refractivity contribution in [3.8, 4) is 0 Å². The molecular formula is C20H19ClFN3O3. The summed E-state index contributed by atoms with van der Waals surface area (Å²) in [6.45, 7) is 0.164. The van der Waals surface area contributed by atoms with Crippen molar-refractivity contribution in [2.75, 3.05) is 18.5 Å². The molecule has 1 aliphatic rings. The number of amides is 3. The van der Waals surface area contributed by atoms with Gasteiger partial charge in [-0.1, -0.05) is 29.8 Å². The summed E-state index contributed by atoms with van der Waals surface area (Å²) in [5.41, 5.74) is 6.35. The van der Waals surface area contributed by atoms with Crippen LogP contribution in [0.1, 0.15) is 18.0 Å². The maximum absolute atomic E-state index is 13.6. The van der Waals surface area contributed by atoms with Crippen molar-refractivity contribution in [2.45, 2.75) is 12.5 Å². The standard InChI is InChI=1S/C20H19ClFN3O3/c1-24(18(19(23)27)12-4-2-6-15(22)8-12)20(28)13-9-17(26)25(11-13)16-7-3-5-14(21)10-16/h2-8,10,13,18H,9,11H2,1H3,(H2,23,27). The molecule has 1 saturated heterocycles. The van der Waals surface area contributed by atoms with Gasteiger partial charge in [0.05, 0.1) is 5.92 Å². The minimum absolute atomic E-state index is 0.00429. The van der Waals surface area contributed by atoms with Gasteiger partial charge in [0.15, 0.2) is 0 Å². The molecule has 2 aromatic carbocycles. The fraction of sp³-hybridized carbons (Fsp3) is 0.250. The molecule has 2 aromatic rings. The molecule has 0 radical (unpaired) electrons. The molecule has 0 saturated carbocycles. The van der Waals surface area contributed by atoms with Gasteiger partial charge in [0.2, 0.25) is 17.7 Å². The van der Waals surface area contributed by atoms with Crippen molar-refractivity contribution in [3.63, 3.8) is 0 Å². The minimum atomic E-state index is -1.13. The molecule has 0 spiro atoms. The Morgan fingerprint density at radius 3 is 2.61 bits per heavy atom. The Balaban J connectivity index is 1.80. The monoisotopic (exact) mass is 403 g/mol. The molecule has 3 rings (SSSR count). The Hall–Kier alpha value is -2.93. The predicted molar refractivity (Wildman–Crippen MR) is 103 cm³/mol. The molecule has 2 N–H and O–H groups in total. The highest BCUT2D eigenvalue weighted by atomic mass is 35.5. The van der Waals surface area contributed by atoms with Crippen LogP contribution in [-0.2, 0) is 14.4 Å². The van der Waals surface area contributed by atoms with E-state index in [9.17, 15) is 18.8 Å². The van der Waals surface area contributed by atoms with Crippen LogP contribution in [0.3, 0.4) is 0 Å². The Morgan fingerprint density at radius 1 is 1.25 bits per heavy atom. The first kappa shape index (κ1) is 19.8. The zero-order chi connectivity index (χ0) is 20.4. The van der Waals surface area contributed by atoms with E-state index in [0.29, 0.717) is 10.7 Å². The summed E-state index contributed by atoms with van der Waals surface area (Å²) in [6.07, 6.45) is 0.00429. The molecule has 28 heavy (non-hydrogen) atoms. The summed E-state index contributed by atoms with van der Waals surface area (Å²) >= 11 is 5.98. The molecule has 0 bridgehead atoms. The molecule has 2 unspecified atom stereocenters. The molecule has 1 aliphatic heterocycles. The SMILES string of the molecule is CN(C(=O)C1CC(=O)N(c2cccc(Cl)c2)C1)C(C(N)=O)c1cccc(F)c1. The van der Waals surface area contributed by atoms with Gasteiger partial charge in [-0.2, -0.15) is 0 Å². The number of anilines is 1. The van der Waals surface area contributed by atoms with Gasteiger partial charge >= 0.3 is 0 Å². The number of nitrogens with two attached hydrogens (primary N) is 1. The van der Waals surface area contributed by atoms with E-state index in [1.807, 2.05) is 0 Å². The molecule has 0 aromatic heterocycles. The van der Waals surface area contributed by atoms with E-state index in [2.05, 4.69) is 0 Å². The Kier molecular flexibility index (Phi) is 5.65. The van der Waals surface area contributed by atoms with E-state index in [1.54, 1.807) is 24.3 Å². The van der Waals surface area contributed by atoms with Gasteiger partial charge in [0.25, 0.3) is 0 Å². The Bertz CT molecular complexity index is 936. The first-order valence-electron chi connectivity index (χ1n) is 8.65. The van der Waals surface area contributed by atoms with Gasteiger partial charge < -0.3 is 15.5 Å². The van der Waals surface area contributed by atoms with Crippen molar-refractivity contribution < 1.29 is 18.8 Å². The second-order valence-corrected chi connectivity index (χ2v) is 7.13. The fourth-order valence-corrected chi connectivity index (χ4v) is 3.62. The van der Waals surface area contributed by atoms with E-state index < -0.39 is 29.6 Å². The molecule has 3 amide bonds. The second kappa shape index (κ2) is 7.98. The van der Waals surface area contributed by atoms with Crippen LogP contribution in [-0.4, -0.2) is 36.2 Å². The van der Waals surface area contributed by atoms with Gasteiger partial charge in [0.1, 0.15) is 11.9 Å². The van der Waals surface area contributed by atoms with Crippen molar-refractivity contribution in [1.82, 2.24) is 4.90 Å². The quantitative estimate of drug-likeness (QED) is 0.832. The Labute approximate surface area is 166 Å². The minimum Gasteiger partial charge on any atom is -0.368 e. The topological polar surface area (TPSA) is 83.7 Å². The predicted octanol–water partition coefficient (Wildman–Crippen LogP) is 2.52. The molecule has 6 nitrogen and oxygen atoms in total. The number of hydrogen-bond donors (Lipinski definition) is 1. The molecule has 0 aliphatic carbocycles. The van der Waals surface area contributed by atoms with Crippen molar-refractivity contribution >= 4 is 35.0 Å². The zero-order valence-corrected chi connectivity index (χ0v) is 15.9. The average Bonchev–Trinajstić information content (AvgIpc) is 3.02. The molecule has 1 heterocycles. The third-order valence-electron chi connectivity index (χ3n) is 4.76. The van der Waals surface area contributed by atoms with E-state index in [4.69, 9.17) is 17.3 Å². The molecular weight excluding hydrogens is 385 g/mol. The normalized spacial score (nSPS) is 17.5. The van der Waals surface area contributed by atoms with Crippen molar-refractivity contribution in [2.24, 2.45) is 11.7 Å². The van der Waals surface area contributed by atoms with Crippen LogP contribution < -0.4 is 10.6 Å². The van der Waals surface area contributed by atoms with Crippen LogP contribution in [0.15, 0.2) is 48.5 Å². The van der Waals surface area contributed by atoms with Gasteiger partial charge in [-0.25, -0.2) is 4.39 Å². The number of carbonyl (C=O) groups excluding carboxylic acids is 3. The lowest BCUT2D eigenvalue weighted by molar-refractivity contribution is -0.141. The lowest BCUT2D eigenvalue weighted by Gasteiger charge is -2.28. The summed E-state index contributed by atoms with van der Waals surface area (Å²) < 4.78 is 13.6. The number of primary amides is 1. The van der Waals surface area contributed by atoms with E-state index in [-0.39, 0.29) is 24.4 Å². The number of benzene rings is 2. The summed E-state index contributed by atoms with van der Waals surface area (Å²) in [6, 6.07) is 11.0. The number of nitrogens with zero attached hydrogens (tertiary/aromatic N) is 2. The fourth-order valence-electron chi connectivity index (χ4n) is 3.44. The lowest BCUT2D eigenvalue weighted by atomic mass is 10.0. The number of carbonyl (C=O) groups is 3. The Morgan fingerprint density at radius 2 is 1.96 bits per heavy atom. The van der Waals surface area contributed by atoms with Gasteiger partial charge in [-0.05, 0) is 35.9 Å². The van der Waals surface area contributed by atoms with Crippen LogP contribution in [0.5, 0.6) is 0 Å². The smallest absolute Gasteiger partial charge is 0.244 e. The highest BCUT2D eigenvalue weighted by Gasteiger charge is 2.39. The first-order valence-corrected chi connectivity index (χ1v) is 9.03. The van der Waals surface area contributed by atoms with Crippen LogP contribution in [0.2, 0.25) is 5.02 Å². The van der Waals surface area contributed by atoms with Gasteiger partial charge in [0, 0.05) is 30.7 Å². The van der Waals surface area contributed by atoms with Crippen LogP contribution in [0, 0.1) is 11.7 Å². The summed E-state index contributed by atoms with van der Waals surface area (Å²) in [5, 5.41) is 0.483. The third-order valence-corrected chi connectivity index (χ3v) is 5.00. The van der Waals surface area contributed by atoms with E-state index in [1.165, 1.54) is 35.0 Å². The highest BCUT2D eigenvalue weighted by Crippen LogP contribution is 2.30. The summed E-state index contributed by atoms with van der Waals surface area (Å²) in [4.78, 5) is 40.0. The molecule has 8 heteroatoms. The maximum atomic E-state index is 13.6. The lowest BCUT2D eigenvalue weighted by Crippen LogP contribution is -2.42. The average molecular weight is 404 g/mol. The summed E-state index contributed by atoms with van der Waals surface area (Å²) in [5.74, 6) is -2.58. The summed E-state index contributed by atoms with van der Waals surface area (Å²) in [7, 11) is 1.43. The highest BCUT2D eigenvalue weighted by molar-refractivity contribution is 6.31. The van der Waals surface area contributed by atoms with E-state index >= 15 is 0 Å². The molecule has 2 atom stereocenters. The van der Waals surface area contributed by atoms with E-state index in [0.717, 1.165) is 6.07 Å².